The van der Waals surface area contributed by atoms with E-state index in [4.69, 9.17) is 4.74 Å². The molecule has 0 aromatic heterocycles. The van der Waals surface area contributed by atoms with Crippen molar-refractivity contribution in [3.63, 3.8) is 0 Å². The van der Waals surface area contributed by atoms with Crippen LogP contribution in [-0.4, -0.2) is 42.6 Å². The van der Waals surface area contributed by atoms with E-state index in [-0.39, 0.29) is 18.5 Å². The van der Waals surface area contributed by atoms with Crippen LogP contribution in [0.4, 0.5) is 4.79 Å². The van der Waals surface area contributed by atoms with Gasteiger partial charge in [0.2, 0.25) is 0 Å². The molecule has 1 rings (SSSR count). The Labute approximate surface area is 102 Å². The second-order valence-corrected chi connectivity index (χ2v) is 4.24. The van der Waals surface area contributed by atoms with Crippen LogP contribution in [0.25, 0.3) is 0 Å². The fourth-order valence-corrected chi connectivity index (χ4v) is 1.63. The predicted molar refractivity (Wildman–Crippen MR) is 64.7 cm³/mol. The van der Waals surface area contributed by atoms with Gasteiger partial charge in [-0.25, -0.2) is 4.79 Å². The molecule has 2 amide bonds. The van der Waals surface area contributed by atoms with E-state index in [2.05, 4.69) is 12.2 Å². The summed E-state index contributed by atoms with van der Waals surface area (Å²) in [6, 6.07) is 0.234. The summed E-state index contributed by atoms with van der Waals surface area (Å²) in [7, 11) is 0. The number of esters is 1. The molecule has 1 aliphatic rings. The third kappa shape index (κ3) is 5.06. The van der Waals surface area contributed by atoms with Crippen LogP contribution in [0.3, 0.4) is 0 Å². The molecule has 1 aliphatic carbocycles. The average Bonchev–Trinajstić information content (AvgIpc) is 3.11. The highest BCUT2D eigenvalue weighted by molar-refractivity contribution is 5.81. The zero-order chi connectivity index (χ0) is 12.7. The molecule has 1 saturated carbocycles. The third-order valence-electron chi connectivity index (χ3n) is 2.69. The van der Waals surface area contributed by atoms with E-state index in [0.717, 1.165) is 32.2 Å². The first-order valence-electron chi connectivity index (χ1n) is 6.39. The first-order chi connectivity index (χ1) is 8.19. The van der Waals surface area contributed by atoms with E-state index in [1.807, 2.05) is 4.90 Å². The lowest BCUT2D eigenvalue weighted by Crippen LogP contribution is -2.44. The van der Waals surface area contributed by atoms with Gasteiger partial charge in [-0.05, 0) is 26.2 Å². The average molecular weight is 242 g/mol. The van der Waals surface area contributed by atoms with E-state index in [1.54, 1.807) is 6.92 Å². The number of carbonyl (C=O) groups is 2. The Morgan fingerprint density at radius 2 is 2.06 bits per heavy atom. The van der Waals surface area contributed by atoms with E-state index >= 15 is 0 Å². The summed E-state index contributed by atoms with van der Waals surface area (Å²) in [5.41, 5.74) is 0. The maximum absolute atomic E-state index is 11.8. The largest absolute Gasteiger partial charge is 0.465 e. The molecule has 0 radical (unpaired) electrons. The number of hydrogen-bond acceptors (Lipinski definition) is 3. The molecule has 0 aromatic carbocycles. The maximum atomic E-state index is 11.8. The normalized spacial score (nSPS) is 14.2. The first-order valence-corrected chi connectivity index (χ1v) is 6.39. The van der Waals surface area contributed by atoms with Gasteiger partial charge in [0.15, 0.2) is 0 Å². The zero-order valence-corrected chi connectivity index (χ0v) is 10.7. The highest BCUT2D eigenvalue weighted by Crippen LogP contribution is 2.26. The predicted octanol–water partition coefficient (Wildman–Crippen LogP) is 1.52. The van der Waals surface area contributed by atoms with Crippen molar-refractivity contribution < 1.29 is 14.3 Å². The highest BCUT2D eigenvalue weighted by Gasteiger charge is 2.32. The van der Waals surface area contributed by atoms with Crippen LogP contribution < -0.4 is 5.32 Å². The summed E-state index contributed by atoms with van der Waals surface area (Å²) in [4.78, 5) is 24.8. The van der Waals surface area contributed by atoms with Gasteiger partial charge in [0.05, 0.1) is 6.61 Å². The minimum absolute atomic E-state index is 0.0397. The highest BCUT2D eigenvalue weighted by atomic mass is 16.5. The Morgan fingerprint density at radius 3 is 2.59 bits per heavy atom. The van der Waals surface area contributed by atoms with Crippen molar-refractivity contribution in [3.8, 4) is 0 Å². The molecule has 0 atom stereocenters. The molecule has 0 heterocycles. The molecule has 1 N–H and O–H groups in total. The smallest absolute Gasteiger partial charge is 0.325 e. The Morgan fingerprint density at radius 1 is 1.35 bits per heavy atom. The van der Waals surface area contributed by atoms with Gasteiger partial charge < -0.3 is 15.0 Å². The van der Waals surface area contributed by atoms with Gasteiger partial charge >= 0.3 is 12.0 Å². The van der Waals surface area contributed by atoms with E-state index in [0.29, 0.717) is 12.6 Å². The number of amides is 2. The molecule has 5 heteroatoms. The Hall–Kier alpha value is -1.26. The molecule has 0 saturated heterocycles. The van der Waals surface area contributed by atoms with Crippen molar-refractivity contribution in [2.75, 3.05) is 19.7 Å². The molecular formula is C12H22N2O3. The van der Waals surface area contributed by atoms with Crippen LogP contribution in [0.5, 0.6) is 0 Å². The number of nitrogens with one attached hydrogen (secondary N) is 1. The second kappa shape index (κ2) is 7.14. The Bertz CT molecular complexity index is 264. The summed E-state index contributed by atoms with van der Waals surface area (Å²) in [5.74, 6) is -0.382. The quantitative estimate of drug-likeness (QED) is 0.689. The van der Waals surface area contributed by atoms with Crippen LogP contribution in [0.2, 0.25) is 0 Å². The number of carbonyl (C=O) groups excluding carboxylic acids is 2. The van der Waals surface area contributed by atoms with Gasteiger partial charge in [0.1, 0.15) is 6.54 Å². The maximum Gasteiger partial charge on any atom is 0.325 e. The van der Waals surface area contributed by atoms with Gasteiger partial charge in [0.25, 0.3) is 0 Å². The van der Waals surface area contributed by atoms with Crippen molar-refractivity contribution in [2.24, 2.45) is 0 Å². The number of rotatable bonds is 7. The van der Waals surface area contributed by atoms with Crippen LogP contribution in [0, 0.1) is 0 Å². The Kier molecular flexibility index (Phi) is 5.80. The van der Waals surface area contributed by atoms with E-state index in [9.17, 15) is 9.59 Å². The number of urea groups is 1. The molecule has 98 valence electrons. The van der Waals surface area contributed by atoms with Crippen molar-refractivity contribution in [1.82, 2.24) is 10.2 Å². The standard InChI is InChI=1S/C12H22N2O3/c1-3-5-8-14(10-6-7-10)12(16)13-9-11(15)17-4-2/h10H,3-9H2,1-2H3,(H,13,16). The van der Waals surface area contributed by atoms with Crippen molar-refractivity contribution >= 4 is 12.0 Å². The summed E-state index contributed by atoms with van der Waals surface area (Å²) in [6.45, 7) is 4.92. The van der Waals surface area contributed by atoms with Gasteiger partial charge in [-0.15, -0.1) is 0 Å². The summed E-state index contributed by atoms with van der Waals surface area (Å²) in [5, 5.41) is 2.61. The van der Waals surface area contributed by atoms with Gasteiger partial charge in [-0.2, -0.15) is 0 Å². The molecule has 0 bridgehead atoms. The van der Waals surface area contributed by atoms with E-state index in [1.165, 1.54) is 0 Å². The summed E-state index contributed by atoms with van der Waals surface area (Å²) < 4.78 is 4.76. The van der Waals surface area contributed by atoms with Crippen molar-refractivity contribution in [2.45, 2.75) is 45.6 Å². The van der Waals surface area contributed by atoms with Crippen LogP contribution in [-0.2, 0) is 9.53 Å². The molecule has 1 fully saturated rings. The molecule has 0 spiro atoms. The fourth-order valence-electron chi connectivity index (χ4n) is 1.63. The SMILES string of the molecule is CCCCN(C(=O)NCC(=O)OCC)C1CC1. The Balaban J connectivity index is 2.29. The lowest BCUT2D eigenvalue weighted by atomic mass is 10.3. The molecule has 0 unspecified atom stereocenters. The number of ether oxygens (including phenoxy) is 1. The third-order valence-corrected chi connectivity index (χ3v) is 2.69. The number of unbranched alkanes of at least 4 members (excludes halogenated alkanes) is 1. The van der Waals surface area contributed by atoms with E-state index < -0.39 is 0 Å². The summed E-state index contributed by atoms with van der Waals surface area (Å²) in [6.07, 6.45) is 4.23. The molecular weight excluding hydrogens is 220 g/mol. The summed E-state index contributed by atoms with van der Waals surface area (Å²) >= 11 is 0. The molecule has 5 nitrogen and oxygen atoms in total. The lowest BCUT2D eigenvalue weighted by molar-refractivity contribution is -0.141. The van der Waals surface area contributed by atoms with Gasteiger partial charge in [0, 0.05) is 12.6 Å². The monoisotopic (exact) mass is 242 g/mol. The number of nitrogens with zero attached hydrogens (tertiary/aromatic N) is 1. The second-order valence-electron chi connectivity index (χ2n) is 4.24. The van der Waals surface area contributed by atoms with Crippen molar-refractivity contribution in [1.29, 1.82) is 0 Å². The molecule has 0 aliphatic heterocycles. The minimum atomic E-state index is -0.382. The van der Waals surface area contributed by atoms with Gasteiger partial charge in [-0.3, -0.25) is 4.79 Å². The lowest BCUT2D eigenvalue weighted by Gasteiger charge is -2.22. The topological polar surface area (TPSA) is 58.6 Å². The molecule has 17 heavy (non-hydrogen) atoms. The number of hydrogen-bond donors (Lipinski definition) is 1. The van der Waals surface area contributed by atoms with Crippen LogP contribution >= 0.6 is 0 Å². The minimum Gasteiger partial charge on any atom is -0.465 e. The zero-order valence-electron chi connectivity index (χ0n) is 10.7. The van der Waals surface area contributed by atoms with Crippen molar-refractivity contribution in [3.05, 3.63) is 0 Å². The first kappa shape index (κ1) is 13.8. The van der Waals surface area contributed by atoms with Crippen LogP contribution in [0.1, 0.15) is 39.5 Å². The van der Waals surface area contributed by atoms with Gasteiger partial charge in [-0.1, -0.05) is 13.3 Å². The van der Waals surface area contributed by atoms with Crippen LogP contribution in [0.15, 0.2) is 0 Å². The fraction of sp³-hybridized carbons (Fsp3) is 0.833. The molecule has 0 aromatic rings.